The van der Waals surface area contributed by atoms with Crippen molar-refractivity contribution in [1.82, 2.24) is 19.9 Å². The minimum absolute atomic E-state index is 0.0747. The summed E-state index contributed by atoms with van der Waals surface area (Å²) in [6.45, 7) is 5.31. The first-order valence-corrected chi connectivity index (χ1v) is 5.64. The number of nitrogens with one attached hydrogen (secondary N) is 2. The molecule has 2 heterocycles. The molecule has 2 rings (SSSR count). The Morgan fingerprint density at radius 3 is 2.74 bits per heavy atom. The van der Waals surface area contributed by atoms with E-state index < -0.39 is 11.7 Å². The minimum atomic E-state index is -0.635. The number of amides is 1. The number of H-pyrrole nitrogens is 1. The van der Waals surface area contributed by atoms with E-state index in [0.717, 1.165) is 0 Å². The van der Waals surface area contributed by atoms with Crippen molar-refractivity contribution in [3.63, 3.8) is 0 Å². The van der Waals surface area contributed by atoms with Gasteiger partial charge in [0.1, 0.15) is 11.1 Å². The molecule has 0 aliphatic carbocycles. The molecular formula is C11H15N5O3. The second-order valence-corrected chi connectivity index (χ2v) is 4.78. The largest absolute Gasteiger partial charge is 0.479 e. The van der Waals surface area contributed by atoms with E-state index in [1.54, 1.807) is 20.8 Å². The van der Waals surface area contributed by atoms with Gasteiger partial charge in [-0.3, -0.25) is 5.32 Å². The molecule has 102 valence electrons. The lowest BCUT2D eigenvalue weighted by molar-refractivity contribution is 0.0634. The van der Waals surface area contributed by atoms with Crippen LogP contribution in [0.15, 0.2) is 6.33 Å². The van der Waals surface area contributed by atoms with Crippen LogP contribution in [0.3, 0.4) is 0 Å². The first-order valence-electron chi connectivity index (χ1n) is 5.64. The zero-order valence-electron chi connectivity index (χ0n) is 11.1. The number of carbonyl (C=O) groups is 1. The van der Waals surface area contributed by atoms with Crippen molar-refractivity contribution < 1.29 is 14.3 Å². The smallest absolute Gasteiger partial charge is 0.414 e. The summed E-state index contributed by atoms with van der Waals surface area (Å²) in [4.78, 5) is 26.6. The fourth-order valence-corrected chi connectivity index (χ4v) is 1.41. The summed E-state index contributed by atoms with van der Waals surface area (Å²) >= 11 is 0. The number of hydrogen-bond donors (Lipinski definition) is 2. The van der Waals surface area contributed by atoms with Gasteiger partial charge in [-0.25, -0.2) is 9.78 Å². The quantitative estimate of drug-likeness (QED) is 0.857. The molecule has 1 amide bonds. The second kappa shape index (κ2) is 4.71. The molecule has 0 unspecified atom stereocenters. The van der Waals surface area contributed by atoms with Crippen LogP contribution in [0.5, 0.6) is 5.88 Å². The molecular weight excluding hydrogens is 250 g/mol. The fourth-order valence-electron chi connectivity index (χ4n) is 1.41. The van der Waals surface area contributed by atoms with Gasteiger partial charge in [0.05, 0.1) is 13.4 Å². The number of aromatic amines is 1. The predicted molar refractivity (Wildman–Crippen MR) is 68.1 cm³/mol. The molecule has 19 heavy (non-hydrogen) atoms. The highest BCUT2D eigenvalue weighted by atomic mass is 16.6. The summed E-state index contributed by atoms with van der Waals surface area (Å²) in [5, 5.41) is 2.44. The van der Waals surface area contributed by atoms with Crippen molar-refractivity contribution in [3.05, 3.63) is 6.33 Å². The van der Waals surface area contributed by atoms with E-state index in [-0.39, 0.29) is 5.95 Å². The van der Waals surface area contributed by atoms with Gasteiger partial charge >= 0.3 is 6.09 Å². The van der Waals surface area contributed by atoms with Gasteiger partial charge in [0, 0.05) is 0 Å². The average molecular weight is 265 g/mol. The number of rotatable bonds is 2. The summed E-state index contributed by atoms with van der Waals surface area (Å²) in [7, 11) is 1.47. The monoisotopic (exact) mass is 265 g/mol. The fraction of sp³-hybridized carbons (Fsp3) is 0.455. The van der Waals surface area contributed by atoms with E-state index in [0.29, 0.717) is 17.0 Å². The van der Waals surface area contributed by atoms with Crippen LogP contribution in [0.4, 0.5) is 10.7 Å². The molecule has 2 N–H and O–H groups in total. The molecule has 0 saturated carbocycles. The Morgan fingerprint density at radius 1 is 1.37 bits per heavy atom. The zero-order chi connectivity index (χ0) is 14.0. The number of methoxy groups -OCH3 is 1. The molecule has 0 aliphatic heterocycles. The third kappa shape index (κ3) is 3.09. The van der Waals surface area contributed by atoms with E-state index in [9.17, 15) is 4.79 Å². The van der Waals surface area contributed by atoms with E-state index in [2.05, 4.69) is 25.3 Å². The van der Waals surface area contributed by atoms with E-state index in [1.807, 2.05) is 0 Å². The van der Waals surface area contributed by atoms with Gasteiger partial charge in [0.15, 0.2) is 5.65 Å². The molecule has 0 fully saturated rings. The first kappa shape index (κ1) is 13.1. The zero-order valence-corrected chi connectivity index (χ0v) is 11.1. The van der Waals surface area contributed by atoms with Gasteiger partial charge in [0.2, 0.25) is 11.8 Å². The summed E-state index contributed by atoms with van der Waals surface area (Å²) in [5.74, 6) is 0.374. The van der Waals surface area contributed by atoms with Gasteiger partial charge in [-0.15, -0.1) is 0 Å². The number of nitrogens with zero attached hydrogens (tertiary/aromatic N) is 3. The Kier molecular flexibility index (Phi) is 3.24. The highest BCUT2D eigenvalue weighted by Crippen LogP contribution is 2.20. The summed E-state index contributed by atoms with van der Waals surface area (Å²) in [5.41, 5.74) is 0.375. The lowest BCUT2D eigenvalue weighted by Gasteiger charge is -2.19. The first-order chi connectivity index (χ1) is 8.89. The summed E-state index contributed by atoms with van der Waals surface area (Å²) in [6.07, 6.45) is 0.837. The molecule has 2 aromatic rings. The predicted octanol–water partition coefficient (Wildman–Crippen LogP) is 1.71. The highest BCUT2D eigenvalue weighted by Gasteiger charge is 2.18. The van der Waals surface area contributed by atoms with Crippen LogP contribution in [-0.4, -0.2) is 38.7 Å². The third-order valence-electron chi connectivity index (χ3n) is 2.06. The number of aromatic nitrogens is 4. The molecule has 2 aromatic heterocycles. The molecule has 0 spiro atoms. The van der Waals surface area contributed by atoms with Crippen molar-refractivity contribution >= 4 is 23.2 Å². The Morgan fingerprint density at radius 2 is 2.11 bits per heavy atom. The van der Waals surface area contributed by atoms with Crippen LogP contribution in [-0.2, 0) is 4.74 Å². The van der Waals surface area contributed by atoms with Crippen LogP contribution >= 0.6 is 0 Å². The van der Waals surface area contributed by atoms with Crippen LogP contribution in [0.1, 0.15) is 20.8 Å². The van der Waals surface area contributed by atoms with Gasteiger partial charge in [-0.05, 0) is 20.8 Å². The van der Waals surface area contributed by atoms with Gasteiger partial charge in [0.25, 0.3) is 0 Å². The van der Waals surface area contributed by atoms with E-state index in [1.165, 1.54) is 13.4 Å². The third-order valence-corrected chi connectivity index (χ3v) is 2.06. The van der Waals surface area contributed by atoms with Crippen LogP contribution in [0, 0.1) is 0 Å². The second-order valence-electron chi connectivity index (χ2n) is 4.78. The minimum Gasteiger partial charge on any atom is -0.479 e. The Hall–Kier alpha value is -2.38. The normalized spacial score (nSPS) is 11.4. The van der Waals surface area contributed by atoms with Crippen LogP contribution < -0.4 is 10.1 Å². The Balaban J connectivity index is 2.23. The Labute approximate surface area is 109 Å². The number of ether oxygens (including phenoxy) is 2. The van der Waals surface area contributed by atoms with Gasteiger partial charge in [-0.1, -0.05) is 0 Å². The molecule has 0 radical (unpaired) electrons. The van der Waals surface area contributed by atoms with E-state index in [4.69, 9.17) is 9.47 Å². The average Bonchev–Trinajstić information content (AvgIpc) is 2.73. The number of carbonyl (C=O) groups excluding carboxylic acids is 1. The SMILES string of the molecule is COc1nc(NC(=O)OC(C)(C)C)nc2nc[nH]c12. The number of imidazole rings is 1. The molecule has 0 aliphatic rings. The summed E-state index contributed by atoms with van der Waals surface area (Å²) in [6, 6.07) is 0. The number of fused-ring (bicyclic) bond motifs is 1. The Bertz CT molecular complexity index is 602. The molecule has 0 atom stereocenters. The topological polar surface area (TPSA) is 102 Å². The maximum atomic E-state index is 11.6. The summed E-state index contributed by atoms with van der Waals surface area (Å²) < 4.78 is 10.2. The van der Waals surface area contributed by atoms with Crippen LogP contribution in [0.2, 0.25) is 0 Å². The lowest BCUT2D eigenvalue weighted by atomic mass is 10.2. The van der Waals surface area contributed by atoms with Crippen molar-refractivity contribution in [2.45, 2.75) is 26.4 Å². The van der Waals surface area contributed by atoms with Crippen LogP contribution in [0.25, 0.3) is 11.2 Å². The number of anilines is 1. The molecule has 8 nitrogen and oxygen atoms in total. The maximum absolute atomic E-state index is 11.6. The standard InChI is InChI=1S/C11H15N5O3/c1-11(2,3)19-10(17)16-9-14-7-6(12-5-13-7)8(15-9)18-4/h5H,1-4H3,(H2,12,13,14,15,16,17). The number of hydrogen-bond acceptors (Lipinski definition) is 6. The maximum Gasteiger partial charge on any atom is 0.414 e. The molecule has 0 saturated heterocycles. The van der Waals surface area contributed by atoms with E-state index >= 15 is 0 Å². The molecule has 0 bridgehead atoms. The molecule has 8 heteroatoms. The van der Waals surface area contributed by atoms with Gasteiger partial charge < -0.3 is 14.5 Å². The van der Waals surface area contributed by atoms with Crippen molar-refractivity contribution in [3.8, 4) is 5.88 Å². The van der Waals surface area contributed by atoms with Crippen molar-refractivity contribution in [2.24, 2.45) is 0 Å². The van der Waals surface area contributed by atoms with Crippen molar-refractivity contribution in [2.75, 3.05) is 12.4 Å². The lowest BCUT2D eigenvalue weighted by Crippen LogP contribution is -2.27. The highest BCUT2D eigenvalue weighted by molar-refractivity contribution is 5.85. The van der Waals surface area contributed by atoms with Gasteiger partial charge in [-0.2, -0.15) is 9.97 Å². The van der Waals surface area contributed by atoms with Crippen molar-refractivity contribution in [1.29, 1.82) is 0 Å². The molecule has 0 aromatic carbocycles.